The molecule has 8 nitrogen and oxygen atoms in total. The highest BCUT2D eigenvalue weighted by Crippen LogP contribution is 2.11. The average Bonchev–Trinajstić information content (AvgIpc) is 2.59. The first-order chi connectivity index (χ1) is 8.79. The largest absolute Gasteiger partial charge is 0.346 e. The van der Waals surface area contributed by atoms with Gasteiger partial charge in [-0.15, -0.1) is 5.06 Å². The summed E-state index contributed by atoms with van der Waals surface area (Å²) in [4.78, 5) is 38.2. The highest BCUT2D eigenvalue weighted by atomic mass is 33.1. The van der Waals surface area contributed by atoms with Crippen molar-refractivity contribution >= 4 is 37.4 Å². The first kappa shape index (κ1) is 15.9. The summed E-state index contributed by atoms with van der Waals surface area (Å²) in [5.41, 5.74) is 0. The molecule has 19 heavy (non-hydrogen) atoms. The minimum absolute atomic E-state index is 0.0462. The number of hydroxylamine groups is 2. The summed E-state index contributed by atoms with van der Waals surface area (Å²) in [6, 6.07) is 0. The van der Waals surface area contributed by atoms with E-state index in [1.165, 1.54) is 0 Å². The first-order valence-electron chi connectivity index (χ1n) is 5.41. The van der Waals surface area contributed by atoms with Crippen molar-refractivity contribution in [2.45, 2.75) is 12.8 Å². The molecule has 2 amide bonds. The Morgan fingerprint density at radius 3 is 2.47 bits per heavy atom. The van der Waals surface area contributed by atoms with Crippen LogP contribution in [0.15, 0.2) is 0 Å². The van der Waals surface area contributed by atoms with Crippen LogP contribution in [0.1, 0.15) is 12.8 Å². The summed E-state index contributed by atoms with van der Waals surface area (Å²) in [6.45, 7) is 0.0795. The molecular formula is C9H14N2O6S2. The molecule has 0 aromatic carbocycles. The molecule has 0 aromatic rings. The van der Waals surface area contributed by atoms with Crippen molar-refractivity contribution in [2.24, 2.45) is 0 Å². The molecule has 1 aliphatic rings. The monoisotopic (exact) mass is 310 g/mol. The Labute approximate surface area is 114 Å². The summed E-state index contributed by atoms with van der Waals surface area (Å²) in [6.07, 6.45) is 1.19. The maximum absolute atomic E-state index is 11.3. The summed E-state index contributed by atoms with van der Waals surface area (Å²) in [5.74, 6) is -1.56. The zero-order chi connectivity index (χ0) is 14.5. The smallest absolute Gasteiger partial charge is 0.329 e. The van der Waals surface area contributed by atoms with Gasteiger partial charge in [0, 0.05) is 31.4 Å². The molecule has 0 bridgehead atoms. The molecule has 1 fully saturated rings. The number of rotatable bonds is 7. The zero-order valence-corrected chi connectivity index (χ0v) is 11.9. The van der Waals surface area contributed by atoms with Gasteiger partial charge >= 0.3 is 5.97 Å². The first-order valence-corrected chi connectivity index (χ1v) is 8.80. The second-order valence-electron chi connectivity index (χ2n) is 3.75. The van der Waals surface area contributed by atoms with Gasteiger partial charge in [-0.2, -0.15) is 0 Å². The lowest BCUT2D eigenvalue weighted by molar-refractivity contribution is -0.196. The SMILES string of the molecule is CS(=O)(=O)SCCNCC(=O)ON1C(=O)CCC1=O. The van der Waals surface area contributed by atoms with E-state index in [1.807, 2.05) is 0 Å². The molecule has 1 N–H and O–H groups in total. The van der Waals surface area contributed by atoms with E-state index in [9.17, 15) is 22.8 Å². The van der Waals surface area contributed by atoms with Crippen molar-refractivity contribution in [2.75, 3.05) is 25.1 Å². The number of hydrogen-bond acceptors (Lipinski definition) is 8. The van der Waals surface area contributed by atoms with Gasteiger partial charge < -0.3 is 10.2 Å². The summed E-state index contributed by atoms with van der Waals surface area (Å²) >= 11 is 0. The number of nitrogens with zero attached hydrogens (tertiary/aromatic N) is 1. The maximum Gasteiger partial charge on any atom is 0.346 e. The van der Waals surface area contributed by atoms with Gasteiger partial charge in [0.2, 0.25) is 0 Å². The fraction of sp³-hybridized carbons (Fsp3) is 0.667. The van der Waals surface area contributed by atoms with E-state index in [1.54, 1.807) is 0 Å². The number of nitrogens with one attached hydrogen (secondary N) is 1. The lowest BCUT2D eigenvalue weighted by atomic mass is 10.4. The van der Waals surface area contributed by atoms with Crippen LogP contribution in [0.25, 0.3) is 0 Å². The molecule has 1 rings (SSSR count). The maximum atomic E-state index is 11.3. The molecule has 0 aromatic heterocycles. The van der Waals surface area contributed by atoms with Gasteiger partial charge in [-0.3, -0.25) is 9.59 Å². The van der Waals surface area contributed by atoms with Crippen molar-refractivity contribution in [3.05, 3.63) is 0 Å². The quantitative estimate of drug-likeness (QED) is 0.357. The van der Waals surface area contributed by atoms with Crippen LogP contribution in [0.5, 0.6) is 0 Å². The number of carbonyl (C=O) groups is 3. The Bertz CT molecular complexity index is 459. The van der Waals surface area contributed by atoms with Crippen molar-refractivity contribution in [3.8, 4) is 0 Å². The van der Waals surface area contributed by atoms with E-state index in [2.05, 4.69) is 10.2 Å². The Hall–Kier alpha value is -1.13. The molecule has 0 radical (unpaired) electrons. The standard InChI is InChI=1S/C9H14N2O6S2/c1-19(15,16)18-5-4-10-6-9(14)17-11-7(12)2-3-8(11)13/h10H,2-6H2,1H3. The van der Waals surface area contributed by atoms with E-state index < -0.39 is 26.7 Å². The number of carbonyl (C=O) groups excluding carboxylic acids is 3. The lowest BCUT2D eigenvalue weighted by Crippen LogP contribution is -2.36. The summed E-state index contributed by atoms with van der Waals surface area (Å²) < 4.78 is 21.6. The van der Waals surface area contributed by atoms with Crippen molar-refractivity contribution in [1.82, 2.24) is 10.4 Å². The molecular weight excluding hydrogens is 296 g/mol. The van der Waals surface area contributed by atoms with Crippen LogP contribution < -0.4 is 5.32 Å². The second kappa shape index (κ2) is 6.87. The predicted molar refractivity (Wildman–Crippen MR) is 67.4 cm³/mol. The lowest BCUT2D eigenvalue weighted by Gasteiger charge is -2.12. The fourth-order valence-corrected chi connectivity index (χ4v) is 2.94. The van der Waals surface area contributed by atoms with Crippen LogP contribution in [0, 0.1) is 0 Å². The van der Waals surface area contributed by atoms with Gasteiger partial charge in [-0.25, -0.2) is 13.2 Å². The van der Waals surface area contributed by atoms with E-state index in [4.69, 9.17) is 0 Å². The highest BCUT2D eigenvalue weighted by Gasteiger charge is 2.32. The van der Waals surface area contributed by atoms with E-state index >= 15 is 0 Å². The van der Waals surface area contributed by atoms with Crippen LogP contribution in [0.3, 0.4) is 0 Å². The zero-order valence-electron chi connectivity index (χ0n) is 10.2. The molecule has 0 unspecified atom stereocenters. The molecule has 0 atom stereocenters. The van der Waals surface area contributed by atoms with Crippen molar-refractivity contribution in [1.29, 1.82) is 0 Å². The van der Waals surface area contributed by atoms with Gasteiger partial charge in [-0.1, -0.05) is 0 Å². The van der Waals surface area contributed by atoms with Crippen LogP contribution in [0.4, 0.5) is 0 Å². The molecule has 108 valence electrons. The molecule has 1 heterocycles. The molecule has 1 aliphatic heterocycles. The van der Waals surface area contributed by atoms with Gasteiger partial charge in [0.1, 0.15) is 0 Å². The third-order valence-electron chi connectivity index (χ3n) is 2.04. The predicted octanol–water partition coefficient (Wildman–Crippen LogP) is -1.12. The van der Waals surface area contributed by atoms with Gasteiger partial charge in [0.25, 0.3) is 11.8 Å². The van der Waals surface area contributed by atoms with E-state index in [0.29, 0.717) is 5.06 Å². The van der Waals surface area contributed by atoms with Crippen molar-refractivity contribution < 1.29 is 27.6 Å². The number of hydrogen-bond donors (Lipinski definition) is 1. The van der Waals surface area contributed by atoms with Crippen LogP contribution in [-0.4, -0.2) is 56.4 Å². The number of imide groups is 1. The van der Waals surface area contributed by atoms with Crippen LogP contribution in [-0.2, 0) is 28.1 Å². The van der Waals surface area contributed by atoms with Gasteiger partial charge in [0.15, 0.2) is 8.87 Å². The van der Waals surface area contributed by atoms with Crippen molar-refractivity contribution in [3.63, 3.8) is 0 Å². The van der Waals surface area contributed by atoms with Crippen LogP contribution >= 0.6 is 10.8 Å². The topological polar surface area (TPSA) is 110 Å². The molecule has 1 saturated heterocycles. The normalized spacial score (nSPS) is 15.9. The summed E-state index contributed by atoms with van der Waals surface area (Å²) in [5, 5.41) is 3.12. The molecule has 0 aliphatic carbocycles. The number of amides is 2. The van der Waals surface area contributed by atoms with Gasteiger partial charge in [-0.05, 0) is 10.8 Å². The second-order valence-corrected chi connectivity index (χ2v) is 8.32. The molecule has 0 spiro atoms. The highest BCUT2D eigenvalue weighted by molar-refractivity contribution is 8.71. The average molecular weight is 310 g/mol. The fourth-order valence-electron chi connectivity index (χ4n) is 1.25. The van der Waals surface area contributed by atoms with Crippen LogP contribution in [0.2, 0.25) is 0 Å². The minimum Gasteiger partial charge on any atom is -0.329 e. The Morgan fingerprint density at radius 2 is 1.95 bits per heavy atom. The molecule has 0 saturated carbocycles. The Kier molecular flexibility index (Phi) is 5.76. The van der Waals surface area contributed by atoms with Gasteiger partial charge in [0.05, 0.1) is 6.54 Å². The third kappa shape index (κ3) is 6.03. The third-order valence-corrected chi connectivity index (χ3v) is 4.63. The van der Waals surface area contributed by atoms with E-state index in [0.717, 1.165) is 17.0 Å². The minimum atomic E-state index is -3.10. The summed E-state index contributed by atoms with van der Waals surface area (Å²) in [7, 11) is -2.34. The van der Waals surface area contributed by atoms with E-state index in [-0.39, 0.29) is 31.7 Å². The Morgan fingerprint density at radius 1 is 1.37 bits per heavy atom. The molecule has 10 heteroatoms. The Balaban J connectivity index is 2.18.